The van der Waals surface area contributed by atoms with E-state index < -0.39 is 0 Å². The number of nitrogens with one attached hydrogen (secondary N) is 1. The predicted molar refractivity (Wildman–Crippen MR) is 67.2 cm³/mol. The van der Waals surface area contributed by atoms with Crippen molar-refractivity contribution in [2.45, 2.75) is 26.0 Å². The number of benzene rings is 1. The lowest BCUT2D eigenvalue weighted by Crippen LogP contribution is -2.25. The summed E-state index contributed by atoms with van der Waals surface area (Å²) in [5, 5.41) is 13.2. The fourth-order valence-electron chi connectivity index (χ4n) is 1.18. The molecule has 1 aromatic carbocycles. The molecule has 0 aliphatic rings. The van der Waals surface area contributed by atoms with E-state index in [9.17, 15) is 5.11 Å². The molecule has 0 aliphatic heterocycles. The Kier molecular flexibility index (Phi) is 5.61. The van der Waals surface area contributed by atoms with Gasteiger partial charge in [-0.15, -0.1) is 0 Å². The van der Waals surface area contributed by atoms with Crippen molar-refractivity contribution in [2.75, 3.05) is 6.54 Å². The molecule has 0 heterocycles. The molecule has 0 radical (unpaired) electrons. The topological polar surface area (TPSA) is 32.3 Å². The first-order valence-electron chi connectivity index (χ1n) is 4.96. The van der Waals surface area contributed by atoms with Crippen LogP contribution in [0, 0.1) is 0 Å². The van der Waals surface area contributed by atoms with Crippen molar-refractivity contribution in [3.8, 4) is 0 Å². The third-order valence-corrected chi connectivity index (χ3v) is 3.40. The lowest BCUT2D eigenvalue weighted by atomic mass is 10.2. The van der Waals surface area contributed by atoms with Gasteiger partial charge in [0.05, 0.1) is 11.1 Å². The van der Waals surface area contributed by atoms with E-state index in [1.807, 2.05) is 25.1 Å². The minimum absolute atomic E-state index is 0.268. The molecule has 2 N–H and O–H groups in total. The first-order chi connectivity index (χ1) is 7.13. The number of aliphatic hydroxyl groups excluding tert-OH is 1. The molecular weight excluding hydrogens is 277 g/mol. The molecule has 1 aromatic rings. The SMILES string of the molecule is CCC(O)CNCc1ccc(Br)c(Cl)c1. The zero-order chi connectivity index (χ0) is 11.3. The number of rotatable bonds is 5. The molecule has 0 bridgehead atoms. The molecule has 1 atom stereocenters. The summed E-state index contributed by atoms with van der Waals surface area (Å²) in [6, 6.07) is 5.84. The van der Waals surface area contributed by atoms with Crippen LogP contribution in [0.5, 0.6) is 0 Å². The highest BCUT2D eigenvalue weighted by atomic mass is 79.9. The second kappa shape index (κ2) is 6.48. The summed E-state index contributed by atoms with van der Waals surface area (Å²) in [6.07, 6.45) is 0.504. The van der Waals surface area contributed by atoms with Crippen molar-refractivity contribution in [1.82, 2.24) is 5.32 Å². The average molecular weight is 293 g/mol. The van der Waals surface area contributed by atoms with Gasteiger partial charge < -0.3 is 10.4 Å². The molecule has 0 fully saturated rings. The second-order valence-corrected chi connectivity index (χ2v) is 4.70. The summed E-state index contributed by atoms with van der Waals surface area (Å²) < 4.78 is 0.904. The van der Waals surface area contributed by atoms with Gasteiger partial charge in [0.25, 0.3) is 0 Å². The maximum absolute atomic E-state index is 9.34. The van der Waals surface area contributed by atoms with Crippen LogP contribution in [0.25, 0.3) is 0 Å². The van der Waals surface area contributed by atoms with Crippen LogP contribution in [0.4, 0.5) is 0 Å². The highest BCUT2D eigenvalue weighted by Gasteiger charge is 2.01. The molecule has 15 heavy (non-hydrogen) atoms. The normalized spacial score (nSPS) is 12.8. The summed E-state index contributed by atoms with van der Waals surface area (Å²) in [6.45, 7) is 3.30. The number of hydrogen-bond acceptors (Lipinski definition) is 2. The lowest BCUT2D eigenvalue weighted by molar-refractivity contribution is 0.167. The quantitative estimate of drug-likeness (QED) is 0.874. The third kappa shape index (κ3) is 4.51. The van der Waals surface area contributed by atoms with E-state index in [1.165, 1.54) is 0 Å². The van der Waals surface area contributed by atoms with Crippen LogP contribution in [-0.4, -0.2) is 17.8 Å². The molecule has 0 aliphatic carbocycles. The lowest BCUT2D eigenvalue weighted by Gasteiger charge is -2.09. The van der Waals surface area contributed by atoms with Crippen molar-refractivity contribution in [2.24, 2.45) is 0 Å². The van der Waals surface area contributed by atoms with E-state index in [2.05, 4.69) is 21.2 Å². The van der Waals surface area contributed by atoms with Gasteiger partial charge in [0.1, 0.15) is 0 Å². The summed E-state index contributed by atoms with van der Waals surface area (Å²) in [4.78, 5) is 0. The van der Waals surface area contributed by atoms with Crippen molar-refractivity contribution in [1.29, 1.82) is 0 Å². The van der Waals surface area contributed by atoms with Crippen LogP contribution in [-0.2, 0) is 6.54 Å². The van der Waals surface area contributed by atoms with E-state index in [4.69, 9.17) is 11.6 Å². The van der Waals surface area contributed by atoms with Crippen molar-refractivity contribution < 1.29 is 5.11 Å². The molecule has 1 unspecified atom stereocenters. The monoisotopic (exact) mass is 291 g/mol. The van der Waals surface area contributed by atoms with Gasteiger partial charge in [0.2, 0.25) is 0 Å². The maximum atomic E-state index is 9.34. The third-order valence-electron chi connectivity index (χ3n) is 2.16. The van der Waals surface area contributed by atoms with Crippen LogP contribution in [0.15, 0.2) is 22.7 Å². The first-order valence-corrected chi connectivity index (χ1v) is 6.13. The van der Waals surface area contributed by atoms with Gasteiger partial charge >= 0.3 is 0 Å². The molecule has 0 aromatic heterocycles. The van der Waals surface area contributed by atoms with E-state index in [0.717, 1.165) is 23.0 Å². The Hall–Kier alpha value is -0.0900. The average Bonchev–Trinajstić information content (AvgIpc) is 2.23. The smallest absolute Gasteiger partial charge is 0.0662 e. The highest BCUT2D eigenvalue weighted by molar-refractivity contribution is 9.10. The minimum Gasteiger partial charge on any atom is -0.392 e. The number of aliphatic hydroxyl groups is 1. The van der Waals surface area contributed by atoms with Gasteiger partial charge in [0.15, 0.2) is 0 Å². The Morgan fingerprint density at radius 3 is 2.87 bits per heavy atom. The van der Waals surface area contributed by atoms with Crippen LogP contribution < -0.4 is 5.32 Å². The van der Waals surface area contributed by atoms with Gasteiger partial charge in [-0.2, -0.15) is 0 Å². The molecule has 84 valence electrons. The summed E-state index contributed by atoms with van der Waals surface area (Å²) in [5.74, 6) is 0. The Morgan fingerprint density at radius 1 is 1.53 bits per heavy atom. The van der Waals surface area contributed by atoms with Crippen LogP contribution in [0.2, 0.25) is 5.02 Å². The van der Waals surface area contributed by atoms with Gasteiger partial charge in [-0.3, -0.25) is 0 Å². The Balaban J connectivity index is 2.41. The standard InChI is InChI=1S/C11H15BrClNO/c1-2-9(15)7-14-6-8-3-4-10(12)11(13)5-8/h3-5,9,14-15H,2,6-7H2,1H3. The molecule has 0 spiro atoms. The fourth-order valence-corrected chi connectivity index (χ4v) is 1.63. The van der Waals surface area contributed by atoms with Crippen LogP contribution in [0.3, 0.4) is 0 Å². The summed E-state index contributed by atoms with van der Waals surface area (Å²) in [7, 11) is 0. The number of halogens is 2. The van der Waals surface area contributed by atoms with Gasteiger partial charge in [-0.1, -0.05) is 24.6 Å². The van der Waals surface area contributed by atoms with Crippen LogP contribution >= 0.6 is 27.5 Å². The van der Waals surface area contributed by atoms with Gasteiger partial charge in [-0.25, -0.2) is 0 Å². The maximum Gasteiger partial charge on any atom is 0.0662 e. The summed E-state index contributed by atoms with van der Waals surface area (Å²) in [5.41, 5.74) is 1.12. The molecule has 0 saturated heterocycles. The highest BCUT2D eigenvalue weighted by Crippen LogP contribution is 2.22. The van der Waals surface area contributed by atoms with Crippen molar-refractivity contribution >= 4 is 27.5 Å². The Morgan fingerprint density at radius 2 is 2.27 bits per heavy atom. The first kappa shape index (κ1) is 13.0. The van der Waals surface area contributed by atoms with Crippen LogP contribution in [0.1, 0.15) is 18.9 Å². The zero-order valence-electron chi connectivity index (χ0n) is 8.63. The zero-order valence-corrected chi connectivity index (χ0v) is 11.0. The van der Waals surface area contributed by atoms with Crippen molar-refractivity contribution in [3.63, 3.8) is 0 Å². The molecule has 4 heteroatoms. The second-order valence-electron chi connectivity index (χ2n) is 3.44. The molecular formula is C11H15BrClNO. The van der Waals surface area contributed by atoms with Gasteiger partial charge in [0, 0.05) is 17.6 Å². The molecule has 2 nitrogen and oxygen atoms in total. The molecule has 0 saturated carbocycles. The summed E-state index contributed by atoms with van der Waals surface area (Å²) >= 11 is 9.30. The number of hydrogen-bond donors (Lipinski definition) is 2. The van der Waals surface area contributed by atoms with Gasteiger partial charge in [-0.05, 0) is 40.0 Å². The largest absolute Gasteiger partial charge is 0.392 e. The Bertz CT molecular complexity index is 319. The molecule has 0 amide bonds. The minimum atomic E-state index is -0.268. The predicted octanol–water partition coefficient (Wildman–Crippen LogP) is 2.96. The van der Waals surface area contributed by atoms with E-state index in [-0.39, 0.29) is 6.10 Å². The van der Waals surface area contributed by atoms with E-state index >= 15 is 0 Å². The fraction of sp³-hybridized carbons (Fsp3) is 0.455. The van der Waals surface area contributed by atoms with E-state index in [1.54, 1.807) is 0 Å². The van der Waals surface area contributed by atoms with Crippen molar-refractivity contribution in [3.05, 3.63) is 33.3 Å². The Labute approximate surface area is 104 Å². The van der Waals surface area contributed by atoms with E-state index in [0.29, 0.717) is 11.6 Å². The molecule has 1 rings (SSSR count).